The molecule has 0 atom stereocenters. The molecule has 2 nitrogen and oxygen atoms in total. The van der Waals surface area contributed by atoms with Gasteiger partial charge in [0.15, 0.2) is 0 Å². The Labute approximate surface area is 89.9 Å². The van der Waals surface area contributed by atoms with E-state index in [0.717, 1.165) is 31.5 Å². The molecule has 0 aromatic heterocycles. The smallest absolute Gasteiger partial charge is 0.230 e. The van der Waals surface area contributed by atoms with E-state index in [4.69, 9.17) is 0 Å². The summed E-state index contributed by atoms with van der Waals surface area (Å²) in [5, 5.41) is 0. The third kappa shape index (κ3) is 1.36. The Morgan fingerprint density at radius 3 is 2.80 bits per heavy atom. The van der Waals surface area contributed by atoms with Crippen molar-refractivity contribution in [3.63, 3.8) is 0 Å². The summed E-state index contributed by atoms with van der Waals surface area (Å²) in [6.45, 7) is 0.884. The maximum absolute atomic E-state index is 12.1. The number of para-hydroxylation sites is 1. The average Bonchev–Trinajstić information content (AvgIpc) is 2.58. The summed E-state index contributed by atoms with van der Waals surface area (Å²) in [7, 11) is 0. The van der Waals surface area contributed by atoms with E-state index in [1.807, 2.05) is 11.0 Å². The van der Waals surface area contributed by atoms with Gasteiger partial charge in [0.1, 0.15) is 0 Å². The molecule has 1 heterocycles. The van der Waals surface area contributed by atoms with Gasteiger partial charge in [0, 0.05) is 18.2 Å². The first-order chi connectivity index (χ1) is 7.36. The lowest BCUT2D eigenvalue weighted by Crippen LogP contribution is -2.37. The van der Waals surface area contributed by atoms with Gasteiger partial charge in [-0.15, -0.1) is 0 Å². The molecule has 1 aromatic carbocycles. The molecule has 2 heteroatoms. The highest BCUT2D eigenvalue weighted by molar-refractivity contribution is 5.97. The lowest BCUT2D eigenvalue weighted by atomic mass is 9.84. The lowest BCUT2D eigenvalue weighted by molar-refractivity contribution is -0.124. The first-order valence-corrected chi connectivity index (χ1v) is 5.75. The molecule has 0 saturated heterocycles. The molecule has 1 aromatic rings. The highest BCUT2D eigenvalue weighted by atomic mass is 16.2. The highest BCUT2D eigenvalue weighted by Crippen LogP contribution is 2.34. The first-order valence-electron chi connectivity index (χ1n) is 5.75. The van der Waals surface area contributed by atoms with Crippen molar-refractivity contribution >= 4 is 11.6 Å². The van der Waals surface area contributed by atoms with Crippen LogP contribution in [0.25, 0.3) is 0 Å². The Balaban J connectivity index is 1.86. The SMILES string of the molecule is O=C(C1CCC1)N1CCc2ccccc21. The first kappa shape index (κ1) is 8.96. The topological polar surface area (TPSA) is 20.3 Å². The predicted octanol–water partition coefficient (Wildman–Crippen LogP) is 2.38. The van der Waals surface area contributed by atoms with Gasteiger partial charge in [-0.05, 0) is 30.9 Å². The van der Waals surface area contributed by atoms with Gasteiger partial charge in [-0.3, -0.25) is 4.79 Å². The summed E-state index contributed by atoms with van der Waals surface area (Å²) < 4.78 is 0. The highest BCUT2D eigenvalue weighted by Gasteiger charge is 2.32. The van der Waals surface area contributed by atoms with Crippen molar-refractivity contribution in [2.45, 2.75) is 25.7 Å². The molecule has 0 N–H and O–H groups in total. The zero-order valence-electron chi connectivity index (χ0n) is 8.78. The fourth-order valence-electron chi connectivity index (χ4n) is 2.44. The van der Waals surface area contributed by atoms with Crippen LogP contribution < -0.4 is 4.90 Å². The van der Waals surface area contributed by atoms with Gasteiger partial charge in [-0.2, -0.15) is 0 Å². The third-order valence-corrected chi connectivity index (χ3v) is 3.61. The molecule has 0 spiro atoms. The number of fused-ring (bicyclic) bond motifs is 1. The molecule has 1 fully saturated rings. The zero-order valence-corrected chi connectivity index (χ0v) is 8.78. The molecular formula is C13H15NO. The summed E-state index contributed by atoms with van der Waals surface area (Å²) in [6.07, 6.45) is 4.44. The van der Waals surface area contributed by atoms with E-state index in [-0.39, 0.29) is 0 Å². The Morgan fingerprint density at radius 1 is 1.27 bits per heavy atom. The van der Waals surface area contributed by atoms with Crippen LogP contribution in [0.15, 0.2) is 24.3 Å². The fourth-order valence-corrected chi connectivity index (χ4v) is 2.44. The van der Waals surface area contributed by atoms with Crippen molar-refractivity contribution in [3.8, 4) is 0 Å². The molecule has 3 rings (SSSR count). The van der Waals surface area contributed by atoms with Gasteiger partial charge in [-0.25, -0.2) is 0 Å². The summed E-state index contributed by atoms with van der Waals surface area (Å²) in [6, 6.07) is 8.27. The molecular weight excluding hydrogens is 186 g/mol. The van der Waals surface area contributed by atoms with E-state index in [1.165, 1.54) is 12.0 Å². The Hall–Kier alpha value is -1.31. The Bertz CT molecular complexity index is 395. The maximum atomic E-state index is 12.1. The van der Waals surface area contributed by atoms with Crippen LogP contribution >= 0.6 is 0 Å². The van der Waals surface area contributed by atoms with E-state index in [9.17, 15) is 4.79 Å². The Kier molecular flexibility index (Phi) is 2.01. The molecule has 1 saturated carbocycles. The third-order valence-electron chi connectivity index (χ3n) is 3.61. The average molecular weight is 201 g/mol. The fraction of sp³-hybridized carbons (Fsp3) is 0.462. The lowest BCUT2D eigenvalue weighted by Gasteiger charge is -2.29. The number of hydrogen-bond acceptors (Lipinski definition) is 1. The normalized spacial score (nSPS) is 19.9. The Morgan fingerprint density at radius 2 is 2.07 bits per heavy atom. The molecule has 1 amide bonds. The van der Waals surface area contributed by atoms with E-state index in [0.29, 0.717) is 11.8 Å². The van der Waals surface area contributed by atoms with Crippen LogP contribution in [-0.2, 0) is 11.2 Å². The van der Waals surface area contributed by atoms with Crippen molar-refractivity contribution < 1.29 is 4.79 Å². The van der Waals surface area contributed by atoms with Crippen LogP contribution in [0.5, 0.6) is 0 Å². The van der Waals surface area contributed by atoms with Gasteiger partial charge < -0.3 is 4.90 Å². The quantitative estimate of drug-likeness (QED) is 0.683. The number of anilines is 1. The number of carbonyl (C=O) groups excluding carboxylic acids is 1. The van der Waals surface area contributed by atoms with E-state index in [2.05, 4.69) is 18.2 Å². The number of carbonyl (C=O) groups is 1. The summed E-state index contributed by atoms with van der Waals surface area (Å²) in [5.74, 6) is 0.669. The van der Waals surface area contributed by atoms with Gasteiger partial charge >= 0.3 is 0 Å². The van der Waals surface area contributed by atoms with E-state index < -0.39 is 0 Å². The molecule has 1 aliphatic carbocycles. The molecule has 2 aliphatic rings. The van der Waals surface area contributed by atoms with Crippen LogP contribution in [0.2, 0.25) is 0 Å². The second-order valence-corrected chi connectivity index (χ2v) is 4.50. The molecule has 15 heavy (non-hydrogen) atoms. The number of nitrogens with zero attached hydrogens (tertiary/aromatic N) is 1. The second kappa shape index (κ2) is 3.37. The minimum atomic E-state index is 0.316. The number of hydrogen-bond donors (Lipinski definition) is 0. The van der Waals surface area contributed by atoms with Crippen molar-refractivity contribution in [2.24, 2.45) is 5.92 Å². The maximum Gasteiger partial charge on any atom is 0.230 e. The van der Waals surface area contributed by atoms with Gasteiger partial charge in [-0.1, -0.05) is 24.6 Å². The second-order valence-electron chi connectivity index (χ2n) is 4.50. The van der Waals surface area contributed by atoms with Crippen molar-refractivity contribution in [2.75, 3.05) is 11.4 Å². The molecule has 1 aliphatic heterocycles. The van der Waals surface area contributed by atoms with E-state index in [1.54, 1.807) is 0 Å². The number of rotatable bonds is 1. The van der Waals surface area contributed by atoms with Gasteiger partial charge in [0.05, 0.1) is 0 Å². The van der Waals surface area contributed by atoms with Crippen LogP contribution in [0.1, 0.15) is 24.8 Å². The predicted molar refractivity (Wildman–Crippen MR) is 59.8 cm³/mol. The molecule has 0 unspecified atom stereocenters. The largest absolute Gasteiger partial charge is 0.312 e. The number of benzene rings is 1. The minimum absolute atomic E-state index is 0.316. The number of amides is 1. The van der Waals surface area contributed by atoms with Crippen molar-refractivity contribution in [1.82, 2.24) is 0 Å². The van der Waals surface area contributed by atoms with Gasteiger partial charge in [0.25, 0.3) is 0 Å². The van der Waals surface area contributed by atoms with Crippen LogP contribution in [0, 0.1) is 5.92 Å². The van der Waals surface area contributed by atoms with Crippen molar-refractivity contribution in [1.29, 1.82) is 0 Å². The summed E-state index contributed by atoms with van der Waals surface area (Å²) in [4.78, 5) is 14.1. The van der Waals surface area contributed by atoms with Crippen molar-refractivity contribution in [3.05, 3.63) is 29.8 Å². The minimum Gasteiger partial charge on any atom is -0.312 e. The zero-order chi connectivity index (χ0) is 10.3. The van der Waals surface area contributed by atoms with Gasteiger partial charge in [0.2, 0.25) is 5.91 Å². The summed E-state index contributed by atoms with van der Waals surface area (Å²) >= 11 is 0. The van der Waals surface area contributed by atoms with Crippen LogP contribution in [-0.4, -0.2) is 12.5 Å². The van der Waals surface area contributed by atoms with Crippen LogP contribution in [0.3, 0.4) is 0 Å². The standard InChI is InChI=1S/C13H15NO/c15-13(11-5-3-6-11)14-9-8-10-4-1-2-7-12(10)14/h1-2,4,7,11H,3,5-6,8-9H2. The summed E-state index contributed by atoms with van der Waals surface area (Å²) in [5.41, 5.74) is 2.47. The molecule has 0 bridgehead atoms. The van der Waals surface area contributed by atoms with E-state index >= 15 is 0 Å². The van der Waals surface area contributed by atoms with Crippen LogP contribution in [0.4, 0.5) is 5.69 Å². The molecule has 78 valence electrons. The monoisotopic (exact) mass is 201 g/mol. The molecule has 0 radical (unpaired) electrons.